The minimum atomic E-state index is -1.51. The molecule has 0 fully saturated rings. The summed E-state index contributed by atoms with van der Waals surface area (Å²) in [6.07, 6.45) is -1.51. The molecule has 2 atom stereocenters. The summed E-state index contributed by atoms with van der Waals surface area (Å²) in [5.74, 6) is -2.22. The van der Waals surface area contributed by atoms with Gasteiger partial charge in [0.15, 0.2) is 0 Å². The molecule has 1 aromatic carbocycles. The normalized spacial score (nSPS) is 13.5. The number of amides is 2. The Morgan fingerprint density at radius 1 is 1.17 bits per heavy atom. The number of ether oxygens (including phenoxy) is 2. The number of rotatable bonds is 5. The van der Waals surface area contributed by atoms with Gasteiger partial charge in [0, 0.05) is 5.69 Å². The summed E-state index contributed by atoms with van der Waals surface area (Å²) in [5, 5.41) is 2.41. The van der Waals surface area contributed by atoms with Crippen LogP contribution in [0.25, 0.3) is 0 Å². The van der Waals surface area contributed by atoms with Gasteiger partial charge in [-0.25, -0.2) is 9.59 Å². The van der Waals surface area contributed by atoms with E-state index in [-0.39, 0.29) is 0 Å². The van der Waals surface area contributed by atoms with Gasteiger partial charge >= 0.3 is 18.0 Å². The minimum absolute atomic E-state index is 0.441. The molecule has 0 saturated carbocycles. The van der Waals surface area contributed by atoms with E-state index in [0.29, 0.717) is 11.3 Å². The predicted molar refractivity (Wildman–Crippen MR) is 88.0 cm³/mol. The first kappa shape index (κ1) is 19.4. The zero-order valence-electron chi connectivity index (χ0n) is 14.2. The molecule has 132 valence electrons. The quantitative estimate of drug-likeness (QED) is 0.550. The lowest BCUT2D eigenvalue weighted by molar-refractivity contribution is -0.175. The van der Waals surface area contributed by atoms with Gasteiger partial charge in [-0.15, -0.1) is 0 Å². The molecule has 1 rings (SSSR count). The molecule has 0 aliphatic rings. The van der Waals surface area contributed by atoms with Gasteiger partial charge in [0.25, 0.3) is 0 Å². The van der Waals surface area contributed by atoms with Crippen molar-refractivity contribution in [3.8, 4) is 0 Å². The van der Waals surface area contributed by atoms with Gasteiger partial charge in [-0.05, 0) is 45.4 Å². The Kier molecular flexibility index (Phi) is 6.30. The van der Waals surface area contributed by atoms with Crippen molar-refractivity contribution in [1.82, 2.24) is 0 Å². The van der Waals surface area contributed by atoms with Crippen LogP contribution in [-0.2, 0) is 19.1 Å². The average molecular weight is 337 g/mol. The third-order valence-electron chi connectivity index (χ3n) is 2.89. The molecule has 0 aliphatic heterocycles. The lowest BCUT2D eigenvalue weighted by Crippen LogP contribution is -2.41. The summed E-state index contributed by atoms with van der Waals surface area (Å²) >= 11 is 0. The number of hydrogen-bond donors (Lipinski definition) is 3. The standard InChI is InChI=1S/C16H23N3O5/c1-9(10-6-5-7-11(8-10)19-15(18)22)13(20)23-12(17)14(21)24-16(2,3)4/h5-9,12H,17H2,1-4H3,(H3,18,19,22). The third kappa shape index (κ3) is 6.25. The summed E-state index contributed by atoms with van der Waals surface area (Å²) in [5.41, 5.74) is 10.9. The summed E-state index contributed by atoms with van der Waals surface area (Å²) in [6.45, 7) is 6.63. The molecule has 0 aromatic heterocycles. The summed E-state index contributed by atoms with van der Waals surface area (Å²) < 4.78 is 9.99. The Morgan fingerprint density at radius 2 is 1.79 bits per heavy atom. The maximum absolute atomic E-state index is 12.1. The topological polar surface area (TPSA) is 134 Å². The Balaban J connectivity index is 2.74. The predicted octanol–water partition coefficient (Wildman–Crippen LogP) is 1.45. The number of carbonyl (C=O) groups excluding carboxylic acids is 3. The first-order valence-electron chi connectivity index (χ1n) is 7.35. The Labute approximate surface area is 140 Å². The van der Waals surface area contributed by atoms with Gasteiger partial charge in [0.05, 0.1) is 5.92 Å². The molecule has 0 radical (unpaired) electrons. The molecular weight excluding hydrogens is 314 g/mol. The number of benzene rings is 1. The minimum Gasteiger partial charge on any atom is -0.456 e. The third-order valence-corrected chi connectivity index (χ3v) is 2.89. The largest absolute Gasteiger partial charge is 0.456 e. The number of carbonyl (C=O) groups is 3. The van der Waals surface area contributed by atoms with Crippen LogP contribution in [0.15, 0.2) is 24.3 Å². The van der Waals surface area contributed by atoms with Crippen molar-refractivity contribution in [3.63, 3.8) is 0 Å². The molecule has 24 heavy (non-hydrogen) atoms. The smallest absolute Gasteiger partial charge is 0.363 e. The highest BCUT2D eigenvalue weighted by Crippen LogP contribution is 2.21. The van der Waals surface area contributed by atoms with E-state index in [2.05, 4.69) is 5.32 Å². The van der Waals surface area contributed by atoms with Crippen molar-refractivity contribution < 1.29 is 23.9 Å². The fraction of sp³-hybridized carbons (Fsp3) is 0.438. The van der Waals surface area contributed by atoms with Crippen LogP contribution in [0.3, 0.4) is 0 Å². The first-order valence-corrected chi connectivity index (χ1v) is 7.35. The second kappa shape index (κ2) is 7.78. The second-order valence-electron chi connectivity index (χ2n) is 6.23. The van der Waals surface area contributed by atoms with Gasteiger partial charge in [-0.2, -0.15) is 0 Å². The summed E-state index contributed by atoms with van der Waals surface area (Å²) in [4.78, 5) is 34.7. The van der Waals surface area contributed by atoms with Crippen LogP contribution in [-0.4, -0.2) is 29.8 Å². The number of esters is 2. The van der Waals surface area contributed by atoms with Crippen LogP contribution in [0.4, 0.5) is 10.5 Å². The number of urea groups is 1. The molecule has 0 heterocycles. The summed E-state index contributed by atoms with van der Waals surface area (Å²) in [6, 6.07) is 5.82. The molecule has 0 aliphatic carbocycles. The molecule has 0 saturated heterocycles. The Morgan fingerprint density at radius 3 is 2.33 bits per heavy atom. The van der Waals surface area contributed by atoms with E-state index in [4.69, 9.17) is 20.9 Å². The lowest BCUT2D eigenvalue weighted by Gasteiger charge is -2.22. The van der Waals surface area contributed by atoms with Crippen molar-refractivity contribution in [2.45, 2.75) is 45.4 Å². The van der Waals surface area contributed by atoms with Gasteiger partial charge in [0.1, 0.15) is 5.60 Å². The maximum atomic E-state index is 12.1. The van der Waals surface area contributed by atoms with E-state index in [0.717, 1.165) is 0 Å². The Hall–Kier alpha value is -2.61. The van der Waals surface area contributed by atoms with Gasteiger partial charge in [-0.1, -0.05) is 12.1 Å². The van der Waals surface area contributed by atoms with Crippen LogP contribution < -0.4 is 16.8 Å². The van der Waals surface area contributed by atoms with Crippen LogP contribution in [0, 0.1) is 0 Å². The molecular formula is C16H23N3O5. The van der Waals surface area contributed by atoms with Crippen LogP contribution in [0.2, 0.25) is 0 Å². The van der Waals surface area contributed by atoms with Gasteiger partial charge in [-0.3, -0.25) is 10.5 Å². The van der Waals surface area contributed by atoms with Gasteiger partial charge < -0.3 is 20.5 Å². The van der Waals surface area contributed by atoms with E-state index in [1.165, 1.54) is 0 Å². The molecule has 8 heteroatoms. The number of primary amides is 1. The molecule has 0 spiro atoms. The number of hydrogen-bond acceptors (Lipinski definition) is 6. The number of nitrogens with two attached hydrogens (primary N) is 2. The van der Waals surface area contributed by atoms with Crippen LogP contribution >= 0.6 is 0 Å². The maximum Gasteiger partial charge on any atom is 0.363 e. The molecule has 1 aromatic rings. The second-order valence-corrected chi connectivity index (χ2v) is 6.23. The monoisotopic (exact) mass is 337 g/mol. The molecule has 0 bridgehead atoms. The van der Waals surface area contributed by atoms with E-state index in [1.54, 1.807) is 52.0 Å². The zero-order valence-corrected chi connectivity index (χ0v) is 14.2. The summed E-state index contributed by atoms with van der Waals surface area (Å²) in [7, 11) is 0. The average Bonchev–Trinajstić information content (AvgIpc) is 2.44. The van der Waals surface area contributed by atoms with E-state index >= 15 is 0 Å². The van der Waals surface area contributed by atoms with E-state index < -0.39 is 35.7 Å². The zero-order chi connectivity index (χ0) is 18.5. The highest BCUT2D eigenvalue weighted by Gasteiger charge is 2.27. The first-order chi connectivity index (χ1) is 11.0. The number of nitrogens with one attached hydrogen (secondary N) is 1. The SMILES string of the molecule is CC(C(=O)OC(N)C(=O)OC(C)(C)C)c1cccc(NC(N)=O)c1. The van der Waals surface area contributed by atoms with E-state index in [9.17, 15) is 14.4 Å². The number of anilines is 1. The fourth-order valence-electron chi connectivity index (χ4n) is 1.80. The van der Waals surface area contributed by atoms with Crippen molar-refractivity contribution in [1.29, 1.82) is 0 Å². The molecule has 8 nitrogen and oxygen atoms in total. The van der Waals surface area contributed by atoms with Crippen molar-refractivity contribution in [3.05, 3.63) is 29.8 Å². The van der Waals surface area contributed by atoms with Crippen molar-refractivity contribution in [2.24, 2.45) is 11.5 Å². The molecule has 5 N–H and O–H groups in total. The fourth-order valence-corrected chi connectivity index (χ4v) is 1.80. The highest BCUT2D eigenvalue weighted by atomic mass is 16.6. The van der Waals surface area contributed by atoms with Crippen molar-refractivity contribution in [2.75, 3.05) is 5.32 Å². The van der Waals surface area contributed by atoms with E-state index in [1.807, 2.05) is 0 Å². The van der Waals surface area contributed by atoms with Crippen molar-refractivity contribution >= 4 is 23.7 Å². The van der Waals surface area contributed by atoms with Crippen LogP contribution in [0.1, 0.15) is 39.2 Å². The van der Waals surface area contributed by atoms with Crippen LogP contribution in [0.5, 0.6) is 0 Å². The Bertz CT molecular complexity index is 624. The molecule has 2 unspecified atom stereocenters. The van der Waals surface area contributed by atoms with Gasteiger partial charge in [0.2, 0.25) is 6.23 Å². The molecule has 2 amide bonds. The lowest BCUT2D eigenvalue weighted by atomic mass is 10.0. The highest BCUT2D eigenvalue weighted by molar-refractivity contribution is 5.88.